The lowest BCUT2D eigenvalue weighted by Crippen LogP contribution is -2.11. The van der Waals surface area contributed by atoms with Gasteiger partial charge in [0.1, 0.15) is 10.6 Å². The monoisotopic (exact) mass is 320 g/mol. The van der Waals surface area contributed by atoms with Gasteiger partial charge in [0.2, 0.25) is 0 Å². The van der Waals surface area contributed by atoms with Gasteiger partial charge in [0.25, 0.3) is 0 Å². The molecule has 0 aromatic heterocycles. The molecule has 22 heavy (non-hydrogen) atoms. The molecule has 5 nitrogen and oxygen atoms in total. The van der Waals surface area contributed by atoms with E-state index in [1.807, 2.05) is 13.0 Å². The van der Waals surface area contributed by atoms with Gasteiger partial charge in [-0.1, -0.05) is 12.1 Å². The summed E-state index contributed by atoms with van der Waals surface area (Å²) in [6.45, 7) is 3.62. The second-order valence-corrected chi connectivity index (χ2v) is 6.37. The molecule has 6 heteroatoms. The maximum atomic E-state index is 12.3. The van der Waals surface area contributed by atoms with Crippen LogP contribution in [0.4, 0.5) is 0 Å². The molecule has 0 spiro atoms. The Balaban J connectivity index is 2.30. The molecule has 116 valence electrons. The highest BCUT2D eigenvalue weighted by atomic mass is 32.2. The number of aryl methyl sites for hydroxylation is 2. The Labute approximate surface area is 129 Å². The highest BCUT2D eigenvalue weighted by Gasteiger charge is 2.18. The van der Waals surface area contributed by atoms with E-state index in [2.05, 4.69) is 4.74 Å². The van der Waals surface area contributed by atoms with Gasteiger partial charge >= 0.3 is 16.1 Å². The van der Waals surface area contributed by atoms with Gasteiger partial charge in [-0.05, 0) is 55.3 Å². The van der Waals surface area contributed by atoms with Crippen LogP contribution >= 0.6 is 0 Å². The molecule has 0 saturated heterocycles. The van der Waals surface area contributed by atoms with Crippen molar-refractivity contribution in [3.8, 4) is 5.75 Å². The number of carbonyl (C=O) groups excluding carboxylic acids is 1. The second-order valence-electron chi connectivity index (χ2n) is 4.82. The summed E-state index contributed by atoms with van der Waals surface area (Å²) < 4.78 is 34.3. The van der Waals surface area contributed by atoms with Crippen LogP contribution in [0.3, 0.4) is 0 Å². The van der Waals surface area contributed by atoms with Crippen LogP contribution in [0.15, 0.2) is 47.4 Å². The minimum Gasteiger partial charge on any atom is -0.465 e. The van der Waals surface area contributed by atoms with E-state index in [4.69, 9.17) is 4.18 Å². The van der Waals surface area contributed by atoms with Crippen molar-refractivity contribution in [2.24, 2.45) is 0 Å². The van der Waals surface area contributed by atoms with Gasteiger partial charge in [-0.3, -0.25) is 0 Å². The molecule has 0 aliphatic heterocycles. The maximum Gasteiger partial charge on any atom is 0.339 e. The van der Waals surface area contributed by atoms with Crippen molar-refractivity contribution in [1.29, 1.82) is 0 Å². The van der Waals surface area contributed by atoms with Gasteiger partial charge in [-0.25, -0.2) is 4.79 Å². The molecule has 0 heterocycles. The van der Waals surface area contributed by atoms with Crippen molar-refractivity contribution < 1.29 is 22.1 Å². The third-order valence-corrected chi connectivity index (χ3v) is 4.36. The van der Waals surface area contributed by atoms with Crippen molar-refractivity contribution in [2.75, 3.05) is 7.11 Å². The van der Waals surface area contributed by atoms with E-state index >= 15 is 0 Å². The lowest BCUT2D eigenvalue weighted by Gasteiger charge is -2.10. The Kier molecular flexibility index (Phi) is 4.51. The molecule has 0 unspecified atom stereocenters. The molecule has 0 saturated carbocycles. The van der Waals surface area contributed by atoms with Gasteiger partial charge in [0.15, 0.2) is 0 Å². The van der Waals surface area contributed by atoms with E-state index in [0.717, 1.165) is 11.1 Å². The van der Waals surface area contributed by atoms with Gasteiger partial charge in [0.05, 0.1) is 12.7 Å². The summed E-state index contributed by atoms with van der Waals surface area (Å²) >= 11 is 0. The number of hydrogen-bond acceptors (Lipinski definition) is 5. The molecular weight excluding hydrogens is 304 g/mol. The highest BCUT2D eigenvalue weighted by Crippen LogP contribution is 2.24. The van der Waals surface area contributed by atoms with E-state index in [9.17, 15) is 13.2 Å². The summed E-state index contributed by atoms with van der Waals surface area (Å²) in [6, 6.07) is 10.7. The third-order valence-electron chi connectivity index (χ3n) is 3.11. The van der Waals surface area contributed by atoms with Crippen molar-refractivity contribution >= 4 is 16.1 Å². The lowest BCUT2D eigenvalue weighted by atomic mass is 10.1. The second kappa shape index (κ2) is 6.19. The van der Waals surface area contributed by atoms with Crippen molar-refractivity contribution in [2.45, 2.75) is 18.7 Å². The average molecular weight is 320 g/mol. The fourth-order valence-corrected chi connectivity index (χ4v) is 2.82. The van der Waals surface area contributed by atoms with Crippen molar-refractivity contribution in [3.05, 3.63) is 59.2 Å². The maximum absolute atomic E-state index is 12.3. The quantitative estimate of drug-likeness (QED) is 0.640. The highest BCUT2D eigenvalue weighted by molar-refractivity contribution is 7.87. The molecule has 0 aliphatic rings. The smallest absolute Gasteiger partial charge is 0.339 e. The first kappa shape index (κ1) is 16.0. The molecule has 2 aromatic rings. The van der Waals surface area contributed by atoms with Crippen molar-refractivity contribution in [1.82, 2.24) is 0 Å². The number of esters is 1. The molecule has 2 aromatic carbocycles. The summed E-state index contributed by atoms with van der Waals surface area (Å²) in [5.74, 6) is -0.239. The minimum absolute atomic E-state index is 0.0268. The number of carbonyl (C=O) groups is 1. The van der Waals surface area contributed by atoms with Gasteiger partial charge < -0.3 is 8.92 Å². The molecule has 0 atom stereocenters. The lowest BCUT2D eigenvalue weighted by molar-refractivity contribution is 0.0600. The standard InChI is InChI=1S/C16H16O5S/c1-11-4-5-12(2)15(10-11)21-22(18,19)14-8-6-13(7-9-14)16(17)20-3/h4-10H,1-3H3. The molecule has 2 rings (SSSR count). The van der Waals surface area contributed by atoms with Gasteiger partial charge in [0, 0.05) is 0 Å². The molecule has 0 N–H and O–H groups in total. The largest absolute Gasteiger partial charge is 0.465 e. The number of methoxy groups -OCH3 is 1. The minimum atomic E-state index is -3.95. The predicted octanol–water partition coefficient (Wildman–Crippen LogP) is 2.86. The van der Waals surface area contributed by atoms with Crippen molar-refractivity contribution in [3.63, 3.8) is 0 Å². The fourth-order valence-electron chi connectivity index (χ4n) is 1.84. The Bertz CT molecular complexity index is 792. The first-order chi connectivity index (χ1) is 10.3. The van der Waals surface area contributed by atoms with Crippen LogP contribution in [0.25, 0.3) is 0 Å². The number of ether oxygens (including phenoxy) is 1. The topological polar surface area (TPSA) is 69.7 Å². The zero-order valence-corrected chi connectivity index (χ0v) is 13.3. The molecule has 0 fully saturated rings. The molecule has 0 aliphatic carbocycles. The van der Waals surface area contributed by atoms with E-state index in [-0.39, 0.29) is 16.2 Å². The van der Waals surface area contributed by atoms with Crippen LogP contribution in [0.5, 0.6) is 5.75 Å². The van der Waals surface area contributed by atoms with Gasteiger partial charge in [-0.2, -0.15) is 8.42 Å². The number of rotatable bonds is 4. The molecule has 0 bridgehead atoms. The molecule has 0 radical (unpaired) electrons. The SMILES string of the molecule is COC(=O)c1ccc(S(=O)(=O)Oc2cc(C)ccc2C)cc1. The van der Waals surface area contributed by atoms with Crippen LogP contribution in [-0.4, -0.2) is 21.5 Å². The number of hydrogen-bond donors (Lipinski definition) is 0. The molecule has 0 amide bonds. The zero-order chi connectivity index (χ0) is 16.3. The summed E-state index contributed by atoms with van der Waals surface area (Å²) in [7, 11) is -2.69. The average Bonchev–Trinajstić information content (AvgIpc) is 2.50. The number of benzene rings is 2. The van der Waals surface area contributed by atoms with E-state index < -0.39 is 16.1 Å². The van der Waals surface area contributed by atoms with Crippen LogP contribution in [-0.2, 0) is 14.9 Å². The van der Waals surface area contributed by atoms with E-state index in [1.54, 1.807) is 19.1 Å². The molecular formula is C16H16O5S. The van der Waals surface area contributed by atoms with Gasteiger partial charge in [-0.15, -0.1) is 0 Å². The van der Waals surface area contributed by atoms with Crippen LogP contribution in [0, 0.1) is 13.8 Å². The van der Waals surface area contributed by atoms with Crippen LogP contribution < -0.4 is 4.18 Å². The zero-order valence-electron chi connectivity index (χ0n) is 12.5. The first-order valence-corrected chi connectivity index (χ1v) is 7.94. The first-order valence-electron chi connectivity index (χ1n) is 6.53. The Hall–Kier alpha value is -2.34. The van der Waals surface area contributed by atoms with Crippen LogP contribution in [0.1, 0.15) is 21.5 Å². The van der Waals surface area contributed by atoms with E-state index in [1.165, 1.54) is 31.4 Å². The Morgan fingerprint density at radius 3 is 2.23 bits per heavy atom. The summed E-state index contributed by atoms with van der Waals surface area (Å²) in [5.41, 5.74) is 1.89. The predicted molar refractivity (Wildman–Crippen MR) is 81.5 cm³/mol. The normalized spacial score (nSPS) is 11.0. The third kappa shape index (κ3) is 3.46. The Morgan fingerprint density at radius 1 is 1.00 bits per heavy atom. The van der Waals surface area contributed by atoms with Crippen LogP contribution in [0.2, 0.25) is 0 Å². The Morgan fingerprint density at radius 2 is 1.64 bits per heavy atom. The summed E-state index contributed by atoms with van der Waals surface area (Å²) in [6.07, 6.45) is 0. The summed E-state index contributed by atoms with van der Waals surface area (Å²) in [5, 5.41) is 0. The summed E-state index contributed by atoms with van der Waals surface area (Å²) in [4.78, 5) is 11.3. The van der Waals surface area contributed by atoms with E-state index in [0.29, 0.717) is 0 Å². The fraction of sp³-hybridized carbons (Fsp3) is 0.188.